The van der Waals surface area contributed by atoms with Crippen LogP contribution < -0.4 is 10.6 Å². The maximum Gasteiger partial charge on any atom is 0.181 e. The van der Waals surface area contributed by atoms with Gasteiger partial charge in [0, 0.05) is 36.6 Å². The normalized spacial score (nSPS) is 18.0. The third-order valence-electron chi connectivity index (χ3n) is 7.08. The SMILES string of the molecule is CC(C)(O)Cn1nnc2cc(-c3c(-c4ccc(C#N)c(F)c4)nc4c(N5CC[C@@H](F)[C@@H](N)C5)nccn34)ccc21. The van der Waals surface area contributed by atoms with Gasteiger partial charge in [-0.05, 0) is 44.5 Å². The van der Waals surface area contributed by atoms with Crippen molar-refractivity contribution in [3.63, 3.8) is 0 Å². The topological polar surface area (TPSA) is 134 Å². The maximum absolute atomic E-state index is 14.8. The van der Waals surface area contributed by atoms with E-state index < -0.39 is 23.6 Å². The van der Waals surface area contributed by atoms with Crippen LogP contribution in [0.5, 0.6) is 0 Å². The highest BCUT2D eigenvalue weighted by Gasteiger charge is 2.29. The third-order valence-corrected chi connectivity index (χ3v) is 7.08. The van der Waals surface area contributed by atoms with Crippen LogP contribution in [0.15, 0.2) is 48.8 Å². The van der Waals surface area contributed by atoms with Gasteiger partial charge in [0.05, 0.1) is 40.7 Å². The molecule has 40 heavy (non-hydrogen) atoms. The second-order valence-electron chi connectivity index (χ2n) is 10.7. The fourth-order valence-corrected chi connectivity index (χ4v) is 5.17. The molecule has 204 valence electrons. The highest BCUT2D eigenvalue weighted by molar-refractivity contribution is 5.89. The molecule has 1 fully saturated rings. The van der Waals surface area contributed by atoms with Crippen molar-refractivity contribution in [3.8, 4) is 28.6 Å². The zero-order chi connectivity index (χ0) is 28.2. The van der Waals surface area contributed by atoms with E-state index in [1.54, 1.807) is 37.0 Å². The number of imidazole rings is 1. The summed E-state index contributed by atoms with van der Waals surface area (Å²) < 4.78 is 32.4. The number of rotatable bonds is 5. The van der Waals surface area contributed by atoms with E-state index in [1.165, 1.54) is 12.1 Å². The molecule has 0 spiro atoms. The minimum atomic E-state index is -1.08. The first-order chi connectivity index (χ1) is 19.1. The van der Waals surface area contributed by atoms with Crippen LogP contribution in [0.25, 0.3) is 39.2 Å². The average molecular weight is 544 g/mol. The Morgan fingerprint density at radius 1 is 1.20 bits per heavy atom. The quantitative estimate of drug-likeness (QED) is 0.344. The van der Waals surface area contributed by atoms with Gasteiger partial charge >= 0.3 is 0 Å². The Bertz CT molecular complexity index is 1780. The monoisotopic (exact) mass is 543 g/mol. The molecule has 6 rings (SSSR count). The fourth-order valence-electron chi connectivity index (χ4n) is 5.17. The number of aliphatic hydroxyl groups is 1. The Morgan fingerprint density at radius 3 is 2.73 bits per heavy atom. The predicted octanol–water partition coefficient (Wildman–Crippen LogP) is 3.47. The zero-order valence-electron chi connectivity index (χ0n) is 22.0. The number of alkyl halides is 1. The molecular formula is C28H27F2N9O. The Balaban J connectivity index is 1.55. The minimum Gasteiger partial charge on any atom is -0.389 e. The number of halogens is 2. The van der Waals surface area contributed by atoms with Crippen LogP contribution >= 0.6 is 0 Å². The van der Waals surface area contributed by atoms with Gasteiger partial charge in [-0.1, -0.05) is 17.3 Å². The molecule has 5 aromatic rings. The second-order valence-corrected chi connectivity index (χ2v) is 10.7. The average Bonchev–Trinajstić information content (AvgIpc) is 3.50. The lowest BCUT2D eigenvalue weighted by molar-refractivity contribution is 0.0585. The van der Waals surface area contributed by atoms with E-state index in [9.17, 15) is 19.1 Å². The Morgan fingerprint density at radius 2 is 2.00 bits per heavy atom. The Hall–Kier alpha value is -4.47. The lowest BCUT2D eigenvalue weighted by atomic mass is 10.0. The van der Waals surface area contributed by atoms with Gasteiger partial charge in [-0.2, -0.15) is 5.26 Å². The lowest BCUT2D eigenvalue weighted by Gasteiger charge is -2.33. The standard InChI is InChI=1S/C28H27F2N9O/c1-28(2,40)15-39-23-6-5-17(12-22(23)35-36-39)25-24(16-3-4-18(13-31)20(30)11-16)34-27-26(33-8-10-38(25)27)37-9-7-19(29)21(32)14-37/h3-6,8,10-12,19,21,40H,7,9,14-15,32H2,1-2H3/t19-,21+/m1/s1. The number of anilines is 1. The molecule has 0 saturated carbocycles. The molecule has 1 aliphatic heterocycles. The summed E-state index contributed by atoms with van der Waals surface area (Å²) in [6, 6.07) is 11.2. The van der Waals surface area contributed by atoms with Crippen molar-refractivity contribution < 1.29 is 13.9 Å². The van der Waals surface area contributed by atoms with Crippen LogP contribution in [0.3, 0.4) is 0 Å². The number of piperidine rings is 1. The third kappa shape index (κ3) is 4.53. The van der Waals surface area contributed by atoms with Crippen molar-refractivity contribution >= 4 is 22.5 Å². The summed E-state index contributed by atoms with van der Waals surface area (Å²) in [4.78, 5) is 11.4. The molecule has 2 aromatic carbocycles. The number of aromatic nitrogens is 6. The zero-order valence-corrected chi connectivity index (χ0v) is 22.0. The molecule has 0 unspecified atom stereocenters. The van der Waals surface area contributed by atoms with E-state index in [0.717, 1.165) is 11.1 Å². The molecule has 0 radical (unpaired) electrons. The summed E-state index contributed by atoms with van der Waals surface area (Å²) in [6.07, 6.45) is 2.60. The second kappa shape index (κ2) is 9.62. The predicted molar refractivity (Wildman–Crippen MR) is 146 cm³/mol. The maximum atomic E-state index is 14.8. The molecular weight excluding hydrogens is 516 g/mol. The van der Waals surface area contributed by atoms with Gasteiger partial charge in [0.2, 0.25) is 0 Å². The van der Waals surface area contributed by atoms with Crippen LogP contribution in [0.1, 0.15) is 25.8 Å². The van der Waals surface area contributed by atoms with Gasteiger partial charge in [-0.15, -0.1) is 5.10 Å². The fraction of sp³-hybridized carbons (Fsp3) is 0.321. The van der Waals surface area contributed by atoms with Crippen molar-refractivity contribution in [2.45, 2.75) is 44.6 Å². The molecule has 0 bridgehead atoms. The van der Waals surface area contributed by atoms with Crippen molar-refractivity contribution in [2.75, 3.05) is 18.0 Å². The smallest absolute Gasteiger partial charge is 0.181 e. The first-order valence-corrected chi connectivity index (χ1v) is 12.9. The van der Waals surface area contributed by atoms with Gasteiger partial charge in [0.1, 0.15) is 23.6 Å². The van der Waals surface area contributed by atoms with E-state index in [0.29, 0.717) is 40.5 Å². The van der Waals surface area contributed by atoms with E-state index in [2.05, 4.69) is 15.3 Å². The summed E-state index contributed by atoms with van der Waals surface area (Å²) in [7, 11) is 0. The lowest BCUT2D eigenvalue weighted by Crippen LogP contribution is -2.50. The Kier molecular flexibility index (Phi) is 6.20. The molecule has 1 aliphatic rings. The van der Waals surface area contributed by atoms with E-state index in [1.807, 2.05) is 33.6 Å². The molecule has 0 aliphatic carbocycles. The highest BCUT2D eigenvalue weighted by Crippen LogP contribution is 2.37. The number of hydrogen-bond donors (Lipinski definition) is 2. The summed E-state index contributed by atoms with van der Waals surface area (Å²) in [5.74, 6) is -0.106. The van der Waals surface area contributed by atoms with Crippen LogP contribution in [-0.2, 0) is 6.54 Å². The largest absolute Gasteiger partial charge is 0.389 e. The van der Waals surface area contributed by atoms with Crippen LogP contribution in [0.4, 0.5) is 14.6 Å². The number of nitriles is 1. The van der Waals surface area contributed by atoms with Crippen LogP contribution in [0, 0.1) is 17.1 Å². The van der Waals surface area contributed by atoms with Crippen molar-refractivity contribution in [1.82, 2.24) is 29.4 Å². The summed E-state index contributed by atoms with van der Waals surface area (Å²) in [5.41, 5.74) is 9.21. The Labute approximate surface area is 228 Å². The molecule has 0 amide bonds. The van der Waals surface area contributed by atoms with Crippen molar-refractivity contribution in [3.05, 3.63) is 60.2 Å². The van der Waals surface area contributed by atoms with Gasteiger partial charge in [0.25, 0.3) is 0 Å². The molecule has 3 aromatic heterocycles. The summed E-state index contributed by atoms with van der Waals surface area (Å²) in [6.45, 7) is 4.38. The van der Waals surface area contributed by atoms with Crippen LogP contribution in [-0.4, -0.2) is 65.4 Å². The molecule has 12 heteroatoms. The van der Waals surface area contributed by atoms with E-state index >= 15 is 0 Å². The van der Waals surface area contributed by atoms with Crippen molar-refractivity contribution in [2.24, 2.45) is 5.73 Å². The highest BCUT2D eigenvalue weighted by atomic mass is 19.1. The summed E-state index contributed by atoms with van der Waals surface area (Å²) in [5, 5.41) is 28.0. The van der Waals surface area contributed by atoms with Gasteiger partial charge in [-0.25, -0.2) is 23.4 Å². The van der Waals surface area contributed by atoms with Gasteiger partial charge in [-0.3, -0.25) is 4.40 Å². The van der Waals surface area contributed by atoms with E-state index in [4.69, 9.17) is 10.7 Å². The number of hydrogen-bond acceptors (Lipinski definition) is 8. The number of nitrogens with zero attached hydrogens (tertiary/aromatic N) is 8. The van der Waals surface area contributed by atoms with Crippen molar-refractivity contribution in [1.29, 1.82) is 5.26 Å². The van der Waals surface area contributed by atoms with Gasteiger partial charge < -0.3 is 15.7 Å². The molecule has 4 heterocycles. The first kappa shape index (κ1) is 25.8. The van der Waals surface area contributed by atoms with E-state index in [-0.39, 0.29) is 25.1 Å². The molecule has 2 atom stereocenters. The number of fused-ring (bicyclic) bond motifs is 2. The minimum absolute atomic E-state index is 0.0654. The first-order valence-electron chi connectivity index (χ1n) is 12.9. The van der Waals surface area contributed by atoms with Gasteiger partial charge in [0.15, 0.2) is 11.5 Å². The molecule has 3 N–H and O–H groups in total. The number of benzene rings is 2. The number of nitrogens with two attached hydrogens (primary N) is 1. The summed E-state index contributed by atoms with van der Waals surface area (Å²) >= 11 is 0. The van der Waals surface area contributed by atoms with Crippen LogP contribution in [0.2, 0.25) is 0 Å². The molecule has 10 nitrogen and oxygen atoms in total. The molecule has 1 saturated heterocycles.